The van der Waals surface area contributed by atoms with Gasteiger partial charge in [-0.25, -0.2) is 0 Å². The Morgan fingerprint density at radius 1 is 1.14 bits per heavy atom. The first-order chi connectivity index (χ1) is 17.5. The van der Waals surface area contributed by atoms with Gasteiger partial charge in [0.2, 0.25) is 5.78 Å². The molecule has 6 N–H and O–H groups in total. The van der Waals surface area contributed by atoms with Crippen LogP contribution in [0.15, 0.2) is 29.0 Å². The summed E-state index contributed by atoms with van der Waals surface area (Å²) in [4.78, 5) is 40.6. The molecule has 1 unspecified atom stereocenters. The van der Waals surface area contributed by atoms with Crippen LogP contribution < -0.4 is 5.73 Å². The van der Waals surface area contributed by atoms with Crippen molar-refractivity contribution >= 4 is 23.2 Å². The van der Waals surface area contributed by atoms with E-state index in [0.29, 0.717) is 12.3 Å². The molecular formula is C28H34N2O7. The predicted molar refractivity (Wildman–Crippen MR) is 135 cm³/mol. The number of hydrogen-bond donors (Lipinski definition) is 5. The number of aliphatic hydroxyl groups excluding tert-OH is 2. The maximum atomic E-state index is 13.9. The second-order valence-corrected chi connectivity index (χ2v) is 11.2. The van der Waals surface area contributed by atoms with Crippen LogP contribution in [0.4, 0.5) is 0 Å². The highest BCUT2D eigenvalue weighted by Gasteiger charge is 2.64. The number of rotatable bonds is 5. The van der Waals surface area contributed by atoms with E-state index in [4.69, 9.17) is 5.73 Å². The topological polar surface area (TPSA) is 161 Å². The Morgan fingerprint density at radius 2 is 1.81 bits per heavy atom. The lowest BCUT2D eigenvalue weighted by molar-refractivity contribution is -0.153. The monoisotopic (exact) mass is 510 g/mol. The Bertz CT molecular complexity index is 1260. The largest absolute Gasteiger partial charge is 0.508 e. The molecule has 4 aliphatic rings. The van der Waals surface area contributed by atoms with Gasteiger partial charge in [-0.2, -0.15) is 0 Å². The van der Waals surface area contributed by atoms with Gasteiger partial charge in [0, 0.05) is 11.5 Å². The number of aliphatic hydroxyl groups is 3. The number of hydrogen-bond acceptors (Lipinski definition) is 8. The zero-order valence-corrected chi connectivity index (χ0v) is 21.2. The third-order valence-electron chi connectivity index (χ3n) is 9.00. The van der Waals surface area contributed by atoms with Crippen LogP contribution in [0.2, 0.25) is 0 Å². The number of nitrogens with two attached hydrogens (primary N) is 1. The van der Waals surface area contributed by atoms with Crippen molar-refractivity contribution in [3.05, 3.63) is 45.7 Å². The van der Waals surface area contributed by atoms with Crippen molar-refractivity contribution in [2.75, 3.05) is 14.1 Å². The second-order valence-electron chi connectivity index (χ2n) is 11.2. The fourth-order valence-corrected chi connectivity index (χ4v) is 7.20. The molecule has 198 valence electrons. The van der Waals surface area contributed by atoms with Gasteiger partial charge in [0.25, 0.3) is 5.91 Å². The molecule has 4 aliphatic carbocycles. The van der Waals surface area contributed by atoms with Crippen LogP contribution in [0.3, 0.4) is 0 Å². The number of amides is 1. The maximum absolute atomic E-state index is 13.9. The van der Waals surface area contributed by atoms with E-state index < -0.39 is 58.0 Å². The number of Topliss-reactive ketones (excluding diaryl/α,β-unsaturated/α-hetero) is 2. The molecule has 37 heavy (non-hydrogen) atoms. The Balaban J connectivity index is 1.62. The zero-order valence-electron chi connectivity index (χ0n) is 21.2. The summed E-state index contributed by atoms with van der Waals surface area (Å²) < 4.78 is 0. The van der Waals surface area contributed by atoms with Crippen LogP contribution in [0.25, 0.3) is 5.76 Å². The van der Waals surface area contributed by atoms with Crippen molar-refractivity contribution in [1.82, 2.24) is 4.90 Å². The van der Waals surface area contributed by atoms with Gasteiger partial charge in [0.1, 0.15) is 22.8 Å². The molecule has 2 fully saturated rings. The van der Waals surface area contributed by atoms with Crippen molar-refractivity contribution in [2.45, 2.75) is 63.0 Å². The number of primary amides is 1. The van der Waals surface area contributed by atoms with E-state index in [2.05, 4.69) is 0 Å². The number of benzene rings is 1. The van der Waals surface area contributed by atoms with E-state index in [0.717, 1.165) is 24.0 Å². The van der Waals surface area contributed by atoms with Crippen molar-refractivity contribution in [3.8, 4) is 5.75 Å². The van der Waals surface area contributed by atoms with Crippen molar-refractivity contribution in [1.29, 1.82) is 0 Å². The van der Waals surface area contributed by atoms with E-state index in [1.165, 1.54) is 36.6 Å². The number of aryl methyl sites for hydroxylation is 1. The molecule has 0 radical (unpaired) electrons. The first kappa shape index (κ1) is 25.5. The normalized spacial score (nSPS) is 30.0. The molecule has 9 heteroatoms. The summed E-state index contributed by atoms with van der Waals surface area (Å²) in [6.07, 6.45) is 7.12. The van der Waals surface area contributed by atoms with Crippen LogP contribution in [-0.2, 0) is 27.2 Å². The molecule has 0 spiro atoms. The summed E-state index contributed by atoms with van der Waals surface area (Å²) in [6.45, 7) is 0. The Labute approximate surface area is 215 Å². The average molecular weight is 511 g/mol. The molecule has 2 saturated carbocycles. The van der Waals surface area contributed by atoms with E-state index in [1.54, 1.807) is 14.1 Å². The van der Waals surface area contributed by atoms with Crippen molar-refractivity contribution in [2.24, 2.45) is 23.5 Å². The van der Waals surface area contributed by atoms with Gasteiger partial charge in [-0.15, -0.1) is 0 Å². The number of carbonyl (C=O) groups is 3. The lowest BCUT2D eigenvalue weighted by Crippen LogP contribution is -2.65. The highest BCUT2D eigenvalue weighted by atomic mass is 16.3. The molecule has 1 amide bonds. The minimum atomic E-state index is -2.61. The van der Waals surface area contributed by atoms with Gasteiger partial charge in [-0.3, -0.25) is 19.3 Å². The van der Waals surface area contributed by atoms with Gasteiger partial charge in [0.05, 0.1) is 11.6 Å². The second kappa shape index (κ2) is 8.99. The molecule has 0 heterocycles. The van der Waals surface area contributed by atoms with Gasteiger partial charge in [-0.05, 0) is 68.8 Å². The Morgan fingerprint density at radius 3 is 2.43 bits per heavy atom. The van der Waals surface area contributed by atoms with Crippen LogP contribution in [0, 0.1) is 17.8 Å². The first-order valence-electron chi connectivity index (χ1n) is 13.0. The summed E-state index contributed by atoms with van der Waals surface area (Å²) in [7, 11) is 3.18. The molecule has 4 atom stereocenters. The van der Waals surface area contributed by atoms with Gasteiger partial charge < -0.3 is 26.2 Å². The molecular weight excluding hydrogens is 476 g/mol. The van der Waals surface area contributed by atoms with Crippen LogP contribution in [0.5, 0.6) is 5.75 Å². The molecule has 0 saturated heterocycles. The fourth-order valence-electron chi connectivity index (χ4n) is 7.20. The summed E-state index contributed by atoms with van der Waals surface area (Å²) in [6, 6.07) is 2.29. The van der Waals surface area contributed by atoms with Crippen molar-refractivity contribution < 1.29 is 34.8 Å². The quantitative estimate of drug-likeness (QED) is 0.376. The molecule has 9 nitrogen and oxygen atoms in total. The summed E-state index contributed by atoms with van der Waals surface area (Å²) in [5.74, 6) is -5.61. The Kier molecular flexibility index (Phi) is 6.19. The smallest absolute Gasteiger partial charge is 0.255 e. The van der Waals surface area contributed by atoms with Crippen molar-refractivity contribution in [3.63, 3.8) is 0 Å². The van der Waals surface area contributed by atoms with E-state index >= 15 is 0 Å². The highest BCUT2D eigenvalue weighted by Crippen LogP contribution is 2.53. The van der Waals surface area contributed by atoms with E-state index in [9.17, 15) is 34.8 Å². The number of carbonyl (C=O) groups excluding carboxylic acids is 3. The third-order valence-corrected chi connectivity index (χ3v) is 9.00. The molecule has 1 aromatic rings. The maximum Gasteiger partial charge on any atom is 0.255 e. The predicted octanol–water partition coefficient (Wildman–Crippen LogP) is 2.09. The summed E-state index contributed by atoms with van der Waals surface area (Å²) in [5.41, 5.74) is 3.76. The van der Waals surface area contributed by atoms with E-state index in [-0.39, 0.29) is 23.3 Å². The number of aromatic hydroxyl groups is 1. The lowest BCUT2D eigenvalue weighted by atomic mass is 9.57. The number of likely N-dealkylation sites (N-methyl/N-ethyl adjacent to an activating group) is 1. The molecule has 5 rings (SSSR count). The number of ketones is 2. The Hall–Kier alpha value is -3.17. The third kappa shape index (κ3) is 3.70. The number of fused-ring (bicyclic) bond motifs is 3. The number of phenolic OH excluding ortho intramolecular Hbond substituents is 1. The average Bonchev–Trinajstić information content (AvgIpc) is 3.34. The van der Waals surface area contributed by atoms with Crippen LogP contribution in [0.1, 0.15) is 55.2 Å². The molecule has 0 bridgehead atoms. The van der Waals surface area contributed by atoms with Gasteiger partial charge in [0.15, 0.2) is 11.4 Å². The fraction of sp³-hybridized carbons (Fsp3) is 0.536. The van der Waals surface area contributed by atoms with E-state index in [1.807, 2.05) is 6.07 Å². The number of phenols is 1. The SMILES string of the molecule is CN(C)C1C(=O)C(C(N)=O)=C(O)[C@@]2(O)C(=O)C3=C(O)c4c(O)ccc(CCC5CCCC5)c4C[C@@H]3C[C@H]12. The molecule has 0 aliphatic heterocycles. The van der Waals surface area contributed by atoms with Gasteiger partial charge in [-0.1, -0.05) is 31.7 Å². The standard InChI is InChI=1S/C28H34N2O7/c1-30(2)22-17-12-15-11-16-14(8-7-13-5-3-4-6-13)9-10-18(31)20(16)23(32)19(15)25(34)28(17,37)26(35)21(24(22)33)27(29)36/h9-10,13,15,17,22,31-32,35,37H,3-8,11-12H2,1-2H3,(H2,29,36)/t15-,17-,22?,28+/m1/s1. The van der Waals surface area contributed by atoms with Crippen LogP contribution in [-0.4, -0.2) is 68.5 Å². The summed E-state index contributed by atoms with van der Waals surface area (Å²) in [5, 5.41) is 44.6. The van der Waals surface area contributed by atoms with Gasteiger partial charge >= 0.3 is 0 Å². The lowest BCUT2D eigenvalue weighted by Gasteiger charge is -2.50. The molecule has 0 aromatic heterocycles. The zero-order chi connectivity index (χ0) is 26.8. The van der Waals surface area contributed by atoms with Crippen LogP contribution >= 0.6 is 0 Å². The summed E-state index contributed by atoms with van der Waals surface area (Å²) >= 11 is 0. The minimum absolute atomic E-state index is 0.101. The minimum Gasteiger partial charge on any atom is -0.508 e. The first-order valence-corrected chi connectivity index (χ1v) is 13.0. The number of nitrogens with zero attached hydrogens (tertiary/aromatic N) is 1. The highest BCUT2D eigenvalue weighted by molar-refractivity contribution is 6.24. The molecule has 1 aromatic carbocycles.